The number of hydrogen-bond donors (Lipinski definition) is 0. The molecule has 0 aliphatic rings. The Morgan fingerprint density at radius 2 is 1.00 bits per heavy atom. The Morgan fingerprint density at radius 1 is 1.00 bits per heavy atom. The van der Waals surface area contributed by atoms with Crippen molar-refractivity contribution in [1.29, 1.82) is 0 Å². The molecule has 0 fully saturated rings. The molecule has 0 aliphatic heterocycles. The maximum atomic E-state index is 4.50. The molecule has 0 aromatic heterocycles. The van der Waals surface area contributed by atoms with Gasteiger partial charge in [0.15, 0.2) is 0 Å². The first-order chi connectivity index (χ1) is 1.00. The first kappa shape index (κ1) is 22.8. The fourth-order valence-corrected chi connectivity index (χ4v) is 0. The number of rotatable bonds is 0. The Hall–Kier alpha value is 0.645. The molecule has 0 amide bonds. The van der Waals surface area contributed by atoms with E-state index in [1.807, 2.05) is 0 Å². The van der Waals surface area contributed by atoms with Crippen LogP contribution in [0.1, 0.15) is 0 Å². The van der Waals surface area contributed by atoms with E-state index in [0.717, 1.165) is 0 Å². The number of hydrogen-bond acceptors (Lipinski definition) is 0. The van der Waals surface area contributed by atoms with Gasteiger partial charge < -0.3 is 24.8 Å². The molecule has 4 heavy (non-hydrogen) atoms. The van der Waals surface area contributed by atoms with Crippen LogP contribution in [-0.4, -0.2) is 7.85 Å². The molecular weight excluding hydrogens is 93.7 g/mol. The van der Waals surface area contributed by atoms with Crippen LogP contribution < -0.4 is 24.8 Å². The van der Waals surface area contributed by atoms with E-state index in [4.69, 9.17) is 0 Å². The summed E-state index contributed by atoms with van der Waals surface area (Å²) in [6.45, 7) is 1.50. The van der Waals surface area contributed by atoms with Gasteiger partial charge in [-0.15, -0.1) is 0 Å². The molecule has 0 bridgehead atoms. The molecule has 0 aromatic carbocycles. The minimum absolute atomic E-state index is 0. The van der Waals surface area contributed by atoms with Crippen LogP contribution >= 0.6 is 0 Å². The van der Waals surface area contributed by atoms with E-state index >= 15 is 0 Å². The second-order valence-corrected chi connectivity index (χ2v) is 0. The maximum Gasteiger partial charge on any atom is -1.00 e. The van der Waals surface area contributed by atoms with E-state index in [-0.39, 0.29) is 24.8 Å². The van der Waals surface area contributed by atoms with Crippen LogP contribution in [0.15, 0.2) is 0 Å². The summed E-state index contributed by atoms with van der Waals surface area (Å²) in [6, 6.07) is 0. The summed E-state index contributed by atoms with van der Waals surface area (Å²) in [5, 5.41) is 0. The molecule has 3 heteroatoms. The van der Waals surface area contributed by atoms with Crippen LogP contribution in [0.25, 0.3) is 0 Å². The van der Waals surface area contributed by atoms with Crippen molar-refractivity contribution in [3.63, 3.8) is 0 Å². The van der Waals surface area contributed by atoms with Crippen molar-refractivity contribution in [2.24, 2.45) is 0 Å². The average molecular weight is 96.8 g/mol. The molecule has 0 rings (SSSR count). The minimum Gasteiger partial charge on any atom is -1.00 e. The predicted octanol–water partition coefficient (Wildman–Crippen LogP) is -5.79. The summed E-state index contributed by atoms with van der Waals surface area (Å²) in [5.41, 5.74) is 0. The van der Waals surface area contributed by atoms with E-state index in [9.17, 15) is 0 Å². The molecule has 0 aromatic rings. The summed E-state index contributed by atoms with van der Waals surface area (Å²) in [4.78, 5) is 0. The van der Waals surface area contributed by atoms with E-state index in [2.05, 4.69) is 7.85 Å². The minimum atomic E-state index is 0. The van der Waals surface area contributed by atoms with Gasteiger partial charge >= 0.3 is 14.7 Å². The molecule has 0 radical (unpaired) electrons. The summed E-state index contributed by atoms with van der Waals surface area (Å²) in [5.74, 6) is 0. The van der Waals surface area contributed by atoms with Gasteiger partial charge in [-0.1, -0.05) is 0 Å². The van der Waals surface area contributed by atoms with Gasteiger partial charge in [-0.25, -0.2) is 0 Å². The fraction of sp³-hybridized carbons (Fsp3) is 1.00. The van der Waals surface area contributed by atoms with Gasteiger partial charge in [-0.05, 0) is 0 Å². The SMILES string of the molecule is [B+2]C.[Cl-].[Cl-]. The van der Waals surface area contributed by atoms with Gasteiger partial charge in [0.2, 0.25) is 0 Å². The zero-order valence-corrected chi connectivity index (χ0v) is 3.85. The van der Waals surface area contributed by atoms with Gasteiger partial charge in [-0.3, -0.25) is 0 Å². The molecule has 0 nitrogen and oxygen atoms in total. The molecule has 0 saturated carbocycles. The topological polar surface area (TPSA) is 0 Å². The van der Waals surface area contributed by atoms with Gasteiger partial charge in [0.1, 0.15) is 0 Å². The van der Waals surface area contributed by atoms with Crippen LogP contribution in [0.5, 0.6) is 0 Å². The van der Waals surface area contributed by atoms with E-state index in [1.165, 1.54) is 6.82 Å². The van der Waals surface area contributed by atoms with Crippen molar-refractivity contribution >= 4 is 7.85 Å². The van der Waals surface area contributed by atoms with Crippen molar-refractivity contribution in [2.75, 3.05) is 0 Å². The van der Waals surface area contributed by atoms with Crippen molar-refractivity contribution in [3.8, 4) is 0 Å². The van der Waals surface area contributed by atoms with Gasteiger partial charge in [-0.2, -0.15) is 0 Å². The smallest absolute Gasteiger partial charge is 1.00 e. The van der Waals surface area contributed by atoms with Crippen molar-refractivity contribution in [1.82, 2.24) is 0 Å². The molecule has 0 unspecified atom stereocenters. The third-order valence-corrected chi connectivity index (χ3v) is 0. The second kappa shape index (κ2) is 61.3. The zero-order valence-electron chi connectivity index (χ0n) is 2.33. The van der Waals surface area contributed by atoms with Crippen LogP contribution in [-0.2, 0) is 0 Å². The quantitative estimate of drug-likeness (QED) is 0.264. The van der Waals surface area contributed by atoms with E-state index in [0.29, 0.717) is 0 Å². The summed E-state index contributed by atoms with van der Waals surface area (Å²) >= 11 is 0. The summed E-state index contributed by atoms with van der Waals surface area (Å²) in [6.07, 6.45) is 0. The van der Waals surface area contributed by atoms with Crippen LogP contribution in [0, 0.1) is 0 Å². The van der Waals surface area contributed by atoms with Crippen molar-refractivity contribution in [3.05, 3.63) is 0 Å². The Balaban J connectivity index is -0.00000000500. The van der Waals surface area contributed by atoms with Gasteiger partial charge in [0.05, 0.1) is 0 Å². The first-order valence-corrected chi connectivity index (χ1v) is 0.577. The molecule has 0 atom stereocenters. The Labute approximate surface area is 40.2 Å². The summed E-state index contributed by atoms with van der Waals surface area (Å²) in [7, 11) is 4.50. The second-order valence-electron chi connectivity index (χ2n) is 0. The third kappa shape index (κ3) is 17.2. The van der Waals surface area contributed by atoms with Crippen molar-refractivity contribution < 1.29 is 24.8 Å². The van der Waals surface area contributed by atoms with E-state index < -0.39 is 0 Å². The van der Waals surface area contributed by atoms with Gasteiger partial charge in [0, 0.05) is 0 Å². The summed E-state index contributed by atoms with van der Waals surface area (Å²) < 4.78 is 0. The largest absolute Gasteiger partial charge is 1.00 e. The first-order valence-electron chi connectivity index (χ1n) is 0.577. The molecule has 0 N–H and O–H groups in total. The van der Waals surface area contributed by atoms with E-state index in [1.54, 1.807) is 0 Å². The Kier molecular flexibility index (Phi) is 350. The molecule has 0 saturated heterocycles. The standard InChI is InChI=1S/CH3B.2ClH/c1-2;;/h1H3;2*1H/q+2;;/p-2. The number of halogens is 2. The average Bonchev–Trinajstić information content (AvgIpc) is 1.00. The molecule has 24 valence electrons. The Morgan fingerprint density at radius 3 is 1.00 bits per heavy atom. The van der Waals surface area contributed by atoms with Crippen molar-refractivity contribution in [2.45, 2.75) is 6.82 Å². The Bertz CT molecular complexity index is 6.00. The van der Waals surface area contributed by atoms with Crippen LogP contribution in [0.2, 0.25) is 6.82 Å². The fourth-order valence-electron chi connectivity index (χ4n) is 0. The monoisotopic (exact) mass is 96.0 g/mol. The third-order valence-electron chi connectivity index (χ3n) is 0. The maximum absolute atomic E-state index is 4.50. The molecular formula is CH3BCl2. The molecule has 0 heterocycles. The normalized spacial score (nSPS) is 1.75. The van der Waals surface area contributed by atoms with Crippen LogP contribution in [0.4, 0.5) is 0 Å². The molecule has 0 aliphatic carbocycles. The zero-order chi connectivity index (χ0) is 2.00. The molecule has 0 spiro atoms. The predicted molar refractivity (Wildman–Crippen MR) is 11.6 cm³/mol. The van der Waals surface area contributed by atoms with Gasteiger partial charge in [0.25, 0.3) is 0 Å². The van der Waals surface area contributed by atoms with Crippen LogP contribution in [0.3, 0.4) is 0 Å².